The Hall–Kier alpha value is -4.65. The molecule has 0 heterocycles. The van der Waals surface area contributed by atoms with E-state index in [1.807, 2.05) is 74.5 Å². The molecular formula is C33H34N2O5. The quantitative estimate of drug-likeness (QED) is 0.196. The Kier molecular flexibility index (Phi) is 9.52. The van der Waals surface area contributed by atoms with E-state index in [2.05, 4.69) is 10.6 Å². The molecule has 0 saturated heterocycles. The summed E-state index contributed by atoms with van der Waals surface area (Å²) in [5, 5.41) is 17.2. The summed E-state index contributed by atoms with van der Waals surface area (Å²) < 4.78 is 5.49. The van der Waals surface area contributed by atoms with Crippen molar-refractivity contribution in [2.24, 2.45) is 0 Å². The molecule has 4 rings (SSSR count). The van der Waals surface area contributed by atoms with Gasteiger partial charge in [-0.3, -0.25) is 14.4 Å². The maximum atomic E-state index is 13.5. The van der Waals surface area contributed by atoms with Gasteiger partial charge < -0.3 is 20.5 Å². The van der Waals surface area contributed by atoms with Crippen LogP contribution in [-0.2, 0) is 22.6 Å². The fourth-order valence-corrected chi connectivity index (χ4v) is 4.69. The minimum absolute atomic E-state index is 0.0401. The largest absolute Gasteiger partial charge is 0.494 e. The third kappa shape index (κ3) is 7.26. The van der Waals surface area contributed by atoms with Crippen molar-refractivity contribution in [1.82, 2.24) is 5.32 Å². The van der Waals surface area contributed by atoms with Crippen LogP contribution in [0.1, 0.15) is 59.7 Å². The van der Waals surface area contributed by atoms with E-state index in [0.717, 1.165) is 27.5 Å². The van der Waals surface area contributed by atoms with E-state index in [1.54, 1.807) is 24.3 Å². The highest BCUT2D eigenvalue weighted by atomic mass is 16.5. The lowest BCUT2D eigenvalue weighted by Crippen LogP contribution is -2.23. The van der Waals surface area contributed by atoms with Gasteiger partial charge in [-0.1, -0.05) is 60.7 Å². The number of hydrogen-bond donors (Lipinski definition) is 3. The Bertz CT molecular complexity index is 1510. The molecule has 0 saturated carbocycles. The van der Waals surface area contributed by atoms with Gasteiger partial charge in [0.15, 0.2) is 0 Å². The minimum Gasteiger partial charge on any atom is -0.494 e. The lowest BCUT2D eigenvalue weighted by atomic mass is 9.94. The van der Waals surface area contributed by atoms with Gasteiger partial charge in [-0.15, -0.1) is 0 Å². The Morgan fingerprint density at radius 2 is 1.70 bits per heavy atom. The van der Waals surface area contributed by atoms with Crippen LogP contribution in [0.3, 0.4) is 0 Å². The van der Waals surface area contributed by atoms with Crippen molar-refractivity contribution in [3.8, 4) is 5.75 Å². The fourth-order valence-electron chi connectivity index (χ4n) is 4.69. The predicted octanol–water partition coefficient (Wildman–Crippen LogP) is 6.32. The Morgan fingerprint density at radius 3 is 2.50 bits per heavy atom. The molecule has 4 aromatic rings. The van der Waals surface area contributed by atoms with Crippen molar-refractivity contribution in [3.05, 3.63) is 107 Å². The zero-order valence-corrected chi connectivity index (χ0v) is 22.8. The SMILES string of the molecule is CCOc1cccc(C(=O)NCc2ccc(CCCC(=O)O)c(NC(=O)C(C)c3cccc4ccccc34)c2)c1. The third-order valence-corrected chi connectivity index (χ3v) is 6.81. The molecule has 0 aromatic heterocycles. The van der Waals surface area contributed by atoms with Gasteiger partial charge in [0.05, 0.1) is 12.5 Å². The number of anilines is 1. The molecule has 40 heavy (non-hydrogen) atoms. The number of carboxylic acids is 1. The zero-order chi connectivity index (χ0) is 28.5. The molecule has 1 unspecified atom stereocenters. The number of aliphatic carboxylic acids is 1. The van der Waals surface area contributed by atoms with Crippen molar-refractivity contribution < 1.29 is 24.2 Å². The average Bonchev–Trinajstić information content (AvgIpc) is 2.96. The number of rotatable bonds is 12. The molecule has 4 aromatic carbocycles. The molecule has 0 aliphatic rings. The van der Waals surface area contributed by atoms with Crippen LogP contribution < -0.4 is 15.4 Å². The highest BCUT2D eigenvalue weighted by molar-refractivity contribution is 6.00. The molecule has 0 aliphatic carbocycles. The first-order valence-electron chi connectivity index (χ1n) is 13.5. The second-order valence-corrected chi connectivity index (χ2v) is 9.66. The molecule has 7 nitrogen and oxygen atoms in total. The van der Waals surface area contributed by atoms with Crippen molar-refractivity contribution >= 4 is 34.2 Å². The molecule has 7 heteroatoms. The number of aryl methyl sites for hydroxylation is 1. The van der Waals surface area contributed by atoms with Crippen molar-refractivity contribution in [2.45, 2.75) is 45.6 Å². The summed E-state index contributed by atoms with van der Waals surface area (Å²) in [5.74, 6) is -1.04. The van der Waals surface area contributed by atoms with Crippen LogP contribution in [-0.4, -0.2) is 29.5 Å². The standard InChI is InChI=1S/C33H34N2O5/c1-3-40-27-13-6-12-26(20-27)33(39)34-21-23-17-18-25(11-8-16-31(36)37)30(19-23)35-32(38)22(2)28-15-7-10-24-9-4-5-14-29(24)28/h4-7,9-10,12-15,17-20,22H,3,8,11,16,21H2,1-2H3,(H,34,39)(H,35,38)(H,36,37). The van der Waals surface area contributed by atoms with Gasteiger partial charge in [0.25, 0.3) is 5.91 Å². The molecule has 0 aliphatic heterocycles. The van der Waals surface area contributed by atoms with E-state index < -0.39 is 11.9 Å². The number of hydrogen-bond acceptors (Lipinski definition) is 4. The van der Waals surface area contributed by atoms with Gasteiger partial charge in [0.2, 0.25) is 5.91 Å². The van der Waals surface area contributed by atoms with Gasteiger partial charge in [-0.2, -0.15) is 0 Å². The first-order chi connectivity index (χ1) is 19.4. The van der Waals surface area contributed by atoms with Gasteiger partial charge in [-0.05, 0) is 78.4 Å². The monoisotopic (exact) mass is 538 g/mol. The molecule has 3 N–H and O–H groups in total. The van der Waals surface area contributed by atoms with Crippen molar-refractivity contribution in [3.63, 3.8) is 0 Å². The van der Waals surface area contributed by atoms with E-state index in [0.29, 0.717) is 36.4 Å². The molecule has 0 fully saturated rings. The predicted molar refractivity (Wildman–Crippen MR) is 157 cm³/mol. The second-order valence-electron chi connectivity index (χ2n) is 9.66. The molecule has 206 valence electrons. The zero-order valence-electron chi connectivity index (χ0n) is 22.8. The van der Waals surface area contributed by atoms with Crippen LogP contribution in [0, 0.1) is 0 Å². The summed E-state index contributed by atoms with van der Waals surface area (Å²) in [4.78, 5) is 37.3. The van der Waals surface area contributed by atoms with Gasteiger partial charge in [0.1, 0.15) is 5.75 Å². The number of carboxylic acid groups (broad SMARTS) is 1. The normalized spacial score (nSPS) is 11.6. The lowest BCUT2D eigenvalue weighted by molar-refractivity contribution is -0.137. The number of carbonyl (C=O) groups is 3. The Labute approximate surface area is 234 Å². The van der Waals surface area contributed by atoms with Crippen LogP contribution in [0.25, 0.3) is 10.8 Å². The van der Waals surface area contributed by atoms with Crippen LogP contribution in [0.15, 0.2) is 84.9 Å². The summed E-state index contributed by atoms with van der Waals surface area (Å²) in [5.41, 5.74) is 3.70. The lowest BCUT2D eigenvalue weighted by Gasteiger charge is -2.18. The number of amides is 2. The molecule has 0 bridgehead atoms. The third-order valence-electron chi connectivity index (χ3n) is 6.81. The van der Waals surface area contributed by atoms with Gasteiger partial charge >= 0.3 is 5.97 Å². The Balaban J connectivity index is 1.52. The summed E-state index contributed by atoms with van der Waals surface area (Å²) in [7, 11) is 0. The first kappa shape index (κ1) is 28.4. The maximum absolute atomic E-state index is 13.5. The summed E-state index contributed by atoms with van der Waals surface area (Å²) in [6, 6.07) is 26.5. The van der Waals surface area contributed by atoms with Crippen molar-refractivity contribution in [2.75, 3.05) is 11.9 Å². The number of carbonyl (C=O) groups excluding carboxylic acids is 2. The molecular weight excluding hydrogens is 504 g/mol. The van der Waals surface area contributed by atoms with Crippen LogP contribution in [0.5, 0.6) is 5.75 Å². The van der Waals surface area contributed by atoms with E-state index in [4.69, 9.17) is 9.84 Å². The van der Waals surface area contributed by atoms with Gasteiger partial charge in [0, 0.05) is 24.2 Å². The van der Waals surface area contributed by atoms with E-state index in [-0.39, 0.29) is 24.8 Å². The highest BCUT2D eigenvalue weighted by Crippen LogP contribution is 2.28. The number of nitrogens with one attached hydrogen (secondary N) is 2. The van der Waals surface area contributed by atoms with Gasteiger partial charge in [-0.25, -0.2) is 0 Å². The van der Waals surface area contributed by atoms with Crippen molar-refractivity contribution in [1.29, 1.82) is 0 Å². The Morgan fingerprint density at radius 1 is 0.925 bits per heavy atom. The van der Waals surface area contributed by atoms with E-state index >= 15 is 0 Å². The summed E-state index contributed by atoms with van der Waals surface area (Å²) in [6.07, 6.45) is 0.989. The topological polar surface area (TPSA) is 105 Å². The number of ether oxygens (including phenoxy) is 1. The second kappa shape index (κ2) is 13.4. The molecule has 1 atom stereocenters. The number of fused-ring (bicyclic) bond motifs is 1. The smallest absolute Gasteiger partial charge is 0.303 e. The number of benzene rings is 4. The minimum atomic E-state index is -0.858. The molecule has 0 spiro atoms. The van der Waals surface area contributed by atoms with Crippen LogP contribution >= 0.6 is 0 Å². The first-order valence-corrected chi connectivity index (χ1v) is 13.5. The van der Waals surface area contributed by atoms with Crippen LogP contribution in [0.2, 0.25) is 0 Å². The van der Waals surface area contributed by atoms with E-state index in [9.17, 15) is 14.4 Å². The van der Waals surface area contributed by atoms with Crippen LogP contribution in [0.4, 0.5) is 5.69 Å². The van der Waals surface area contributed by atoms with E-state index in [1.165, 1.54) is 0 Å². The maximum Gasteiger partial charge on any atom is 0.303 e. The fraction of sp³-hybridized carbons (Fsp3) is 0.242. The summed E-state index contributed by atoms with van der Waals surface area (Å²) >= 11 is 0. The highest BCUT2D eigenvalue weighted by Gasteiger charge is 2.19. The summed E-state index contributed by atoms with van der Waals surface area (Å²) in [6.45, 7) is 4.53. The average molecular weight is 539 g/mol. The molecule has 0 radical (unpaired) electrons. The molecule has 2 amide bonds.